The number of hydrogen-bond donors (Lipinski definition) is 0. The fraction of sp³-hybridized carbons (Fsp3) is 0.300. The van der Waals surface area contributed by atoms with Crippen LogP contribution in [0.4, 0.5) is 4.48 Å². The molecule has 7 nitrogen and oxygen atoms in total. The molecule has 0 amide bonds. The normalized spacial score (nSPS) is 13.6. The average molecular weight is 519 g/mol. The quantitative estimate of drug-likeness (QED) is 0.276. The number of methoxy groups -OCH3 is 2. The minimum Gasteiger partial charge on any atom is -0.497 e. The maximum atomic E-state index is 15.2. The van der Waals surface area contributed by atoms with Crippen molar-refractivity contribution in [1.29, 1.82) is 0 Å². The van der Waals surface area contributed by atoms with Crippen molar-refractivity contribution >= 4 is 10.9 Å². The number of ether oxygens (including phenoxy) is 4. The highest BCUT2D eigenvalue weighted by Gasteiger charge is 2.19. The van der Waals surface area contributed by atoms with Gasteiger partial charge in [-0.15, -0.1) is 0 Å². The number of pyridine rings is 1. The number of fused-ring (bicyclic) bond motifs is 1. The zero-order valence-electron chi connectivity index (χ0n) is 21.6. The van der Waals surface area contributed by atoms with Gasteiger partial charge in [-0.1, -0.05) is 28.7 Å². The van der Waals surface area contributed by atoms with Crippen LogP contribution in [0.15, 0.2) is 71.7 Å². The lowest BCUT2D eigenvalue weighted by Crippen LogP contribution is -2.24. The highest BCUT2D eigenvalue weighted by molar-refractivity contribution is 5.83. The topological polar surface area (TPSA) is 62.2 Å². The van der Waals surface area contributed by atoms with Gasteiger partial charge >= 0.3 is 0 Å². The molecule has 38 heavy (non-hydrogen) atoms. The third-order valence-electron chi connectivity index (χ3n) is 6.80. The molecule has 8 heteroatoms. The Hall–Kier alpha value is -4.04. The van der Waals surface area contributed by atoms with E-state index in [1.54, 1.807) is 20.3 Å². The Bertz CT molecular complexity index is 1450. The van der Waals surface area contributed by atoms with Gasteiger partial charge in [-0.05, 0) is 67.4 Å². The second-order valence-corrected chi connectivity index (χ2v) is 9.37. The maximum absolute atomic E-state index is 15.2. The first kappa shape index (κ1) is 25.6. The molecule has 0 saturated carbocycles. The number of likely N-dealkylation sites (tertiary alicyclic amines) is 1. The highest BCUT2D eigenvalue weighted by Crippen LogP contribution is 2.33. The minimum absolute atomic E-state index is 0.140. The molecule has 1 aliphatic rings. The summed E-state index contributed by atoms with van der Waals surface area (Å²) in [5.41, 5.74) is 2.19. The molecule has 0 bridgehead atoms. The molecule has 2 heterocycles. The van der Waals surface area contributed by atoms with Crippen molar-refractivity contribution in [3.8, 4) is 23.0 Å². The first-order valence-corrected chi connectivity index (χ1v) is 12.7. The van der Waals surface area contributed by atoms with Gasteiger partial charge in [0.2, 0.25) is 0 Å². The van der Waals surface area contributed by atoms with E-state index in [2.05, 4.69) is 4.90 Å². The van der Waals surface area contributed by atoms with Crippen molar-refractivity contribution in [3.63, 3.8) is 0 Å². The number of halogens is 1. The summed E-state index contributed by atoms with van der Waals surface area (Å²) >= 11 is 0. The first-order chi connectivity index (χ1) is 18.5. The van der Waals surface area contributed by atoms with Crippen LogP contribution in [0, 0.1) is 0 Å². The number of aromatic nitrogens is 1. The van der Waals surface area contributed by atoms with E-state index in [-0.39, 0.29) is 29.5 Å². The fourth-order valence-corrected chi connectivity index (χ4v) is 4.63. The highest BCUT2D eigenvalue weighted by atomic mass is 19.2. The van der Waals surface area contributed by atoms with Gasteiger partial charge in [0.15, 0.2) is 16.9 Å². The molecular formula is C30H31FN2O5. The van der Waals surface area contributed by atoms with Crippen molar-refractivity contribution in [3.05, 3.63) is 93.8 Å². The van der Waals surface area contributed by atoms with E-state index in [1.165, 1.54) is 12.3 Å². The van der Waals surface area contributed by atoms with Crippen LogP contribution in [0.2, 0.25) is 0 Å². The van der Waals surface area contributed by atoms with Gasteiger partial charge in [0.25, 0.3) is 0 Å². The summed E-state index contributed by atoms with van der Waals surface area (Å²) in [4.78, 5) is 16.1. The molecule has 1 saturated heterocycles. The lowest BCUT2D eigenvalue weighted by atomic mass is 10.1. The van der Waals surface area contributed by atoms with Gasteiger partial charge < -0.3 is 18.9 Å². The van der Waals surface area contributed by atoms with Crippen LogP contribution in [-0.2, 0) is 19.8 Å². The third-order valence-corrected chi connectivity index (χ3v) is 6.80. The largest absolute Gasteiger partial charge is 0.497 e. The van der Waals surface area contributed by atoms with E-state index in [4.69, 9.17) is 18.9 Å². The molecule has 0 N–H and O–H groups in total. The SMILES string of the molecule is COc1ccc(COc2cc3c(=O)c(CN4CCCC4)cn(F)c3cc2OCc2ccc(OC)cc2)cc1. The summed E-state index contributed by atoms with van der Waals surface area (Å²) < 4.78 is 37.9. The maximum Gasteiger partial charge on any atom is 0.194 e. The van der Waals surface area contributed by atoms with Gasteiger partial charge in [0.05, 0.1) is 25.1 Å². The Morgan fingerprint density at radius 3 is 1.84 bits per heavy atom. The zero-order valence-corrected chi connectivity index (χ0v) is 21.6. The molecule has 1 aliphatic heterocycles. The summed E-state index contributed by atoms with van der Waals surface area (Å²) in [7, 11) is 3.22. The molecule has 0 unspecified atom stereocenters. The van der Waals surface area contributed by atoms with Crippen LogP contribution < -0.4 is 24.4 Å². The van der Waals surface area contributed by atoms with Gasteiger partial charge in [-0.25, -0.2) is 0 Å². The van der Waals surface area contributed by atoms with Crippen molar-refractivity contribution in [2.75, 3.05) is 27.3 Å². The minimum atomic E-state index is -0.197. The Kier molecular flexibility index (Phi) is 7.79. The summed E-state index contributed by atoms with van der Waals surface area (Å²) in [5, 5.41) is 0.255. The van der Waals surface area contributed by atoms with Crippen LogP contribution in [-0.4, -0.2) is 37.0 Å². The summed E-state index contributed by atoms with van der Waals surface area (Å²) in [5.74, 6) is 2.21. The number of benzene rings is 3. The van der Waals surface area contributed by atoms with Crippen molar-refractivity contribution < 1.29 is 23.4 Å². The van der Waals surface area contributed by atoms with Gasteiger partial charge in [-0.3, -0.25) is 9.69 Å². The van der Waals surface area contributed by atoms with Crippen LogP contribution in [0.25, 0.3) is 10.9 Å². The number of nitrogens with zero attached hydrogens (tertiary/aromatic N) is 2. The summed E-state index contributed by atoms with van der Waals surface area (Å²) in [6, 6.07) is 18.1. The van der Waals surface area contributed by atoms with E-state index in [0.717, 1.165) is 48.6 Å². The Morgan fingerprint density at radius 1 is 0.789 bits per heavy atom. The lowest BCUT2D eigenvalue weighted by molar-refractivity contribution is 0.256. The van der Waals surface area contributed by atoms with E-state index < -0.39 is 0 Å². The van der Waals surface area contributed by atoms with E-state index >= 15 is 4.48 Å². The van der Waals surface area contributed by atoms with Crippen molar-refractivity contribution in [2.24, 2.45) is 0 Å². The Balaban J connectivity index is 1.47. The van der Waals surface area contributed by atoms with E-state index in [1.807, 2.05) is 48.5 Å². The van der Waals surface area contributed by atoms with Gasteiger partial charge in [-0.2, -0.15) is 4.79 Å². The molecule has 0 aliphatic carbocycles. The third kappa shape index (κ3) is 5.75. The standard InChI is InChI=1S/C30H31FN2O5/c1-35-24-9-5-21(6-10-24)19-37-28-15-26-27(16-29(28)38-20-22-7-11-25(36-2)12-8-22)33(31)18-23(30(26)34)17-32-13-3-4-14-32/h5-12,15-16,18H,3-4,13-14,17,19-20H2,1-2H3. The molecule has 1 aromatic heterocycles. The summed E-state index contributed by atoms with van der Waals surface area (Å²) in [6.07, 6.45) is 3.47. The molecule has 1 fully saturated rings. The van der Waals surface area contributed by atoms with Gasteiger partial charge in [0.1, 0.15) is 24.7 Å². The smallest absolute Gasteiger partial charge is 0.194 e. The second kappa shape index (κ2) is 11.6. The van der Waals surface area contributed by atoms with Gasteiger partial charge in [0, 0.05) is 24.4 Å². The molecule has 198 valence electrons. The molecule has 3 aromatic carbocycles. The van der Waals surface area contributed by atoms with Crippen LogP contribution >= 0.6 is 0 Å². The predicted molar refractivity (Wildman–Crippen MR) is 144 cm³/mol. The van der Waals surface area contributed by atoms with Crippen LogP contribution in [0.3, 0.4) is 0 Å². The molecule has 0 spiro atoms. The van der Waals surface area contributed by atoms with Crippen molar-refractivity contribution in [2.45, 2.75) is 32.6 Å². The summed E-state index contributed by atoms with van der Waals surface area (Å²) in [6.45, 7) is 2.73. The monoisotopic (exact) mass is 518 g/mol. The first-order valence-electron chi connectivity index (χ1n) is 12.7. The molecule has 0 radical (unpaired) electrons. The second-order valence-electron chi connectivity index (χ2n) is 9.37. The average Bonchev–Trinajstić information content (AvgIpc) is 3.47. The fourth-order valence-electron chi connectivity index (χ4n) is 4.63. The molecule has 5 rings (SSSR count). The zero-order chi connectivity index (χ0) is 26.5. The van der Waals surface area contributed by atoms with Crippen molar-refractivity contribution in [1.82, 2.24) is 9.69 Å². The number of rotatable bonds is 10. The number of hydrogen-bond acceptors (Lipinski definition) is 6. The van der Waals surface area contributed by atoms with Crippen LogP contribution in [0.1, 0.15) is 29.5 Å². The van der Waals surface area contributed by atoms with Crippen LogP contribution in [0.5, 0.6) is 23.0 Å². The Labute approximate surface area is 220 Å². The van der Waals surface area contributed by atoms with E-state index in [0.29, 0.717) is 28.4 Å². The lowest BCUT2D eigenvalue weighted by Gasteiger charge is -2.17. The molecule has 4 aromatic rings. The Morgan fingerprint density at radius 2 is 1.32 bits per heavy atom. The predicted octanol–water partition coefficient (Wildman–Crippen LogP) is 5.51. The molecular weight excluding hydrogens is 487 g/mol. The molecule has 0 atom stereocenters. The van der Waals surface area contributed by atoms with E-state index in [9.17, 15) is 4.79 Å².